The van der Waals surface area contributed by atoms with Gasteiger partial charge < -0.3 is 4.57 Å². The van der Waals surface area contributed by atoms with E-state index in [4.69, 9.17) is 0 Å². The van der Waals surface area contributed by atoms with Crippen molar-refractivity contribution in [3.05, 3.63) is 187 Å². The van der Waals surface area contributed by atoms with Gasteiger partial charge in [0.2, 0.25) is 0 Å². The highest BCUT2D eigenvalue weighted by molar-refractivity contribution is 7.19. The first-order valence-corrected chi connectivity index (χ1v) is 18.4. The van der Waals surface area contributed by atoms with E-state index in [-0.39, 0.29) is 0 Å². The molecule has 0 aliphatic heterocycles. The van der Waals surface area contributed by atoms with Gasteiger partial charge in [0.1, 0.15) is 0 Å². The Hall–Kier alpha value is -6.97. The van der Waals surface area contributed by atoms with E-state index in [0.717, 1.165) is 43.8 Å². The van der Waals surface area contributed by atoms with Crippen LogP contribution >= 0.6 is 0 Å². The minimum absolute atomic E-state index is 0.513. The largest absolute Gasteiger partial charge is 0.309 e. The van der Waals surface area contributed by atoms with Crippen molar-refractivity contribution in [3.8, 4) is 35.0 Å². The normalized spacial score (nSPS) is 11.1. The molecule has 0 N–H and O–H groups in total. The van der Waals surface area contributed by atoms with Gasteiger partial charge in [-0.3, -0.25) is 0 Å². The van der Waals surface area contributed by atoms with E-state index < -0.39 is 8.07 Å². The van der Waals surface area contributed by atoms with Crippen LogP contribution in [0.15, 0.2) is 170 Å². The Balaban J connectivity index is 1.48. The summed E-state index contributed by atoms with van der Waals surface area (Å²) < 4.78 is 2.16. The second-order valence-corrected chi connectivity index (χ2v) is 16.1. The summed E-state index contributed by atoms with van der Waals surface area (Å²) >= 11 is 0. The fourth-order valence-electron chi connectivity index (χ4n) is 7.48. The van der Waals surface area contributed by atoms with Crippen molar-refractivity contribution in [1.82, 2.24) is 4.57 Å². The predicted octanol–water partition coefficient (Wildman–Crippen LogP) is 7.44. The molecule has 4 nitrogen and oxygen atoms in total. The van der Waals surface area contributed by atoms with Crippen LogP contribution in [-0.2, 0) is 0 Å². The summed E-state index contributed by atoms with van der Waals surface area (Å²) in [6, 6.07) is 65.1. The van der Waals surface area contributed by atoms with E-state index in [9.17, 15) is 15.8 Å². The number of para-hydroxylation sites is 1. The fraction of sp³-hybridized carbons (Fsp3) is 0. The molecule has 0 saturated heterocycles. The molecule has 0 unspecified atom stereocenters. The third-order valence-corrected chi connectivity index (χ3v) is 14.4. The fourth-order valence-corrected chi connectivity index (χ4v) is 12.2. The monoisotopic (exact) mass is 652 g/mol. The van der Waals surface area contributed by atoms with Gasteiger partial charge in [0.25, 0.3) is 0 Å². The number of benzene rings is 7. The van der Waals surface area contributed by atoms with E-state index >= 15 is 0 Å². The molecule has 0 aliphatic carbocycles. The first kappa shape index (κ1) is 30.4. The molecule has 1 aromatic heterocycles. The van der Waals surface area contributed by atoms with Crippen molar-refractivity contribution < 1.29 is 0 Å². The molecule has 5 heteroatoms. The highest BCUT2D eigenvalue weighted by Crippen LogP contribution is 2.38. The summed E-state index contributed by atoms with van der Waals surface area (Å²) in [4.78, 5) is 0. The number of aromatic nitrogens is 1. The first-order valence-electron chi connectivity index (χ1n) is 16.4. The topological polar surface area (TPSA) is 76.3 Å². The lowest BCUT2D eigenvalue weighted by Gasteiger charge is -2.35. The van der Waals surface area contributed by atoms with Crippen LogP contribution in [0.2, 0.25) is 0 Å². The molecule has 0 aliphatic rings. The maximum absolute atomic E-state index is 10.6. The molecule has 0 radical (unpaired) electrons. The van der Waals surface area contributed by atoms with E-state index in [1.54, 1.807) is 0 Å². The van der Waals surface area contributed by atoms with Crippen LogP contribution in [0.5, 0.6) is 0 Å². The Morgan fingerprint density at radius 1 is 0.400 bits per heavy atom. The number of fused-ring (bicyclic) bond motifs is 3. The summed E-state index contributed by atoms with van der Waals surface area (Å²) in [5, 5.41) is 37.3. The number of hydrogen-bond donors (Lipinski definition) is 0. The molecule has 8 aromatic rings. The quantitative estimate of drug-likeness (QED) is 0.138. The van der Waals surface area contributed by atoms with Crippen molar-refractivity contribution in [2.45, 2.75) is 0 Å². The average Bonchev–Trinajstić information content (AvgIpc) is 3.52. The van der Waals surface area contributed by atoms with E-state index in [2.05, 4.69) is 138 Å². The van der Waals surface area contributed by atoms with E-state index in [1.165, 1.54) is 15.6 Å². The summed E-state index contributed by atoms with van der Waals surface area (Å²) in [5.41, 5.74) is 5.93. The Bertz CT molecular complexity index is 2580. The molecule has 7 aromatic carbocycles. The molecule has 0 spiro atoms. The smallest absolute Gasteiger partial charge is 0.179 e. The Labute approximate surface area is 291 Å². The highest BCUT2D eigenvalue weighted by Gasteiger charge is 2.41. The van der Waals surface area contributed by atoms with Crippen LogP contribution in [0.25, 0.3) is 38.6 Å². The van der Waals surface area contributed by atoms with Gasteiger partial charge in [-0.25, -0.2) is 0 Å². The number of rotatable bonds is 6. The summed E-state index contributed by atoms with van der Waals surface area (Å²) in [6.45, 7) is 0. The van der Waals surface area contributed by atoms with E-state index in [0.29, 0.717) is 16.7 Å². The van der Waals surface area contributed by atoms with Gasteiger partial charge in [-0.1, -0.05) is 127 Å². The van der Waals surface area contributed by atoms with Crippen LogP contribution in [0.3, 0.4) is 0 Å². The minimum Gasteiger partial charge on any atom is -0.309 e. The first-order chi connectivity index (χ1) is 24.7. The van der Waals surface area contributed by atoms with Gasteiger partial charge in [0, 0.05) is 21.9 Å². The summed E-state index contributed by atoms with van der Waals surface area (Å²) in [6.07, 6.45) is 0. The molecule has 0 saturated carbocycles. The zero-order valence-electron chi connectivity index (χ0n) is 27.0. The third kappa shape index (κ3) is 4.80. The van der Waals surface area contributed by atoms with Gasteiger partial charge in [-0.15, -0.1) is 0 Å². The molecular weight excluding hydrogens is 625 g/mol. The van der Waals surface area contributed by atoms with Crippen molar-refractivity contribution in [2.24, 2.45) is 0 Å². The molecule has 232 valence electrons. The predicted molar refractivity (Wildman–Crippen MR) is 204 cm³/mol. The number of nitrogens with zero attached hydrogens (tertiary/aromatic N) is 4. The van der Waals surface area contributed by atoms with Crippen LogP contribution < -0.4 is 20.7 Å². The average molecular weight is 653 g/mol. The molecule has 0 atom stereocenters. The standard InChI is InChI=1S/C45H28N4Si/c46-29-32-21-25-44-42(26-32)39-18-10-11-19-43(39)49(44)45-27-33(30-47)20-24-40(45)41-28-38(23-22-34(41)31-48)50(35-12-4-1-5-13-35,36-14-6-2-7-15-36)37-16-8-3-9-17-37/h1-28H. The molecule has 0 amide bonds. The Morgan fingerprint density at radius 3 is 1.54 bits per heavy atom. The summed E-state index contributed by atoms with van der Waals surface area (Å²) in [5.74, 6) is 0. The molecule has 0 fully saturated rings. The lowest BCUT2D eigenvalue weighted by atomic mass is 9.97. The van der Waals surface area contributed by atoms with Crippen LogP contribution in [0, 0.1) is 34.0 Å². The Kier molecular flexibility index (Phi) is 7.63. The molecule has 0 bridgehead atoms. The van der Waals surface area contributed by atoms with Gasteiger partial charge in [-0.2, -0.15) is 15.8 Å². The zero-order chi connectivity index (χ0) is 34.1. The number of nitriles is 3. The Morgan fingerprint density at radius 2 is 0.940 bits per heavy atom. The lowest BCUT2D eigenvalue weighted by Crippen LogP contribution is -2.74. The van der Waals surface area contributed by atoms with Crippen LogP contribution in [-0.4, -0.2) is 12.6 Å². The second kappa shape index (κ2) is 12.6. The van der Waals surface area contributed by atoms with Gasteiger partial charge in [0.05, 0.1) is 51.6 Å². The highest BCUT2D eigenvalue weighted by atomic mass is 28.3. The molecule has 50 heavy (non-hydrogen) atoms. The van der Waals surface area contributed by atoms with Crippen molar-refractivity contribution in [2.75, 3.05) is 0 Å². The van der Waals surface area contributed by atoms with Crippen molar-refractivity contribution in [1.29, 1.82) is 15.8 Å². The maximum Gasteiger partial charge on any atom is 0.179 e. The number of hydrogen-bond acceptors (Lipinski definition) is 3. The zero-order valence-corrected chi connectivity index (χ0v) is 28.0. The van der Waals surface area contributed by atoms with Crippen molar-refractivity contribution >= 4 is 50.6 Å². The third-order valence-electron chi connectivity index (χ3n) is 9.65. The van der Waals surface area contributed by atoms with E-state index in [1.807, 2.05) is 54.6 Å². The van der Waals surface area contributed by atoms with Crippen LogP contribution in [0.4, 0.5) is 0 Å². The minimum atomic E-state index is -2.90. The van der Waals surface area contributed by atoms with Gasteiger partial charge >= 0.3 is 0 Å². The lowest BCUT2D eigenvalue weighted by molar-refractivity contribution is 1.18. The second-order valence-electron chi connectivity index (χ2n) is 12.3. The van der Waals surface area contributed by atoms with Gasteiger partial charge in [0.15, 0.2) is 8.07 Å². The van der Waals surface area contributed by atoms with Crippen LogP contribution in [0.1, 0.15) is 16.7 Å². The maximum atomic E-state index is 10.6. The molecular formula is C45H28N4Si. The SMILES string of the molecule is N#Cc1ccc(-c2cc([Si](c3ccccc3)(c3ccccc3)c3ccccc3)ccc2C#N)c(-n2c3ccccc3c3cc(C#N)ccc32)c1. The van der Waals surface area contributed by atoms with Crippen molar-refractivity contribution in [3.63, 3.8) is 0 Å². The summed E-state index contributed by atoms with van der Waals surface area (Å²) in [7, 11) is -2.90. The molecule has 8 rings (SSSR count). The van der Waals surface area contributed by atoms with Gasteiger partial charge in [-0.05, 0) is 63.2 Å². The molecule has 1 heterocycles.